The Kier molecular flexibility index (Phi) is 35.5. The van der Waals surface area contributed by atoms with Crippen LogP contribution in [0.15, 0.2) is 24.3 Å². The van der Waals surface area contributed by atoms with Crippen molar-refractivity contribution in [2.24, 2.45) is 0 Å². The van der Waals surface area contributed by atoms with E-state index in [0.717, 1.165) is 77.8 Å². The number of aliphatic hydroxyl groups excluding tert-OH is 1. The first-order chi connectivity index (χ1) is 24.2. The molecule has 0 saturated carbocycles. The number of carbonyl (C=O) groups is 1. The number of ether oxygens (including phenoxy) is 4. The molecule has 0 amide bonds. The summed E-state index contributed by atoms with van der Waals surface area (Å²) in [4.78, 5) is 10.4. The maximum Gasteiger partial charge on any atom is 0.303 e. The first kappa shape index (κ1) is 45.8. The Labute approximate surface area is 302 Å². The van der Waals surface area contributed by atoms with Crippen molar-refractivity contribution in [1.29, 1.82) is 0 Å². The SMILES string of the molecule is O=C(O)CCCCCCCCC/C=C\CCCCOC1CCCCO1.OCCCCCCCCCC/C=C\CCCCOC1CCCCO1. The van der Waals surface area contributed by atoms with Gasteiger partial charge in [0.1, 0.15) is 0 Å². The molecule has 0 aromatic heterocycles. The number of carboxylic acids is 1. The second-order valence-corrected chi connectivity index (χ2v) is 14.0. The minimum atomic E-state index is -0.669. The summed E-state index contributed by atoms with van der Waals surface area (Å²) in [6.45, 7) is 3.76. The van der Waals surface area contributed by atoms with E-state index in [4.69, 9.17) is 29.2 Å². The molecule has 2 heterocycles. The second kappa shape index (κ2) is 38.0. The molecule has 0 bridgehead atoms. The number of hydrogen-bond donors (Lipinski definition) is 2. The monoisotopic (exact) mass is 695 g/mol. The van der Waals surface area contributed by atoms with Crippen molar-refractivity contribution in [3.8, 4) is 0 Å². The van der Waals surface area contributed by atoms with Crippen LogP contribution in [0, 0.1) is 0 Å². The summed E-state index contributed by atoms with van der Waals surface area (Å²) in [5.74, 6) is -0.669. The predicted octanol–water partition coefficient (Wildman–Crippen LogP) is 11.6. The normalized spacial score (nSPS) is 18.2. The van der Waals surface area contributed by atoms with Crippen molar-refractivity contribution >= 4 is 5.97 Å². The Morgan fingerprint density at radius 2 is 0.878 bits per heavy atom. The molecule has 2 fully saturated rings. The van der Waals surface area contributed by atoms with Crippen LogP contribution in [0.4, 0.5) is 0 Å². The summed E-state index contributed by atoms with van der Waals surface area (Å²) < 4.78 is 22.6. The maximum atomic E-state index is 10.4. The topological polar surface area (TPSA) is 94.5 Å². The molecular formula is C42H78O7. The van der Waals surface area contributed by atoms with Crippen LogP contribution in [-0.4, -0.2) is 61.8 Å². The van der Waals surface area contributed by atoms with Crippen LogP contribution in [0.2, 0.25) is 0 Å². The third kappa shape index (κ3) is 35.0. The average Bonchev–Trinajstić information content (AvgIpc) is 3.12. The largest absolute Gasteiger partial charge is 0.481 e. The highest BCUT2D eigenvalue weighted by Crippen LogP contribution is 2.16. The van der Waals surface area contributed by atoms with E-state index < -0.39 is 5.97 Å². The summed E-state index contributed by atoms with van der Waals surface area (Å²) in [5.41, 5.74) is 0. The highest BCUT2D eigenvalue weighted by molar-refractivity contribution is 5.66. The molecule has 0 aromatic rings. The van der Waals surface area contributed by atoms with Crippen LogP contribution >= 0.6 is 0 Å². The first-order valence-corrected chi connectivity index (χ1v) is 20.8. The zero-order valence-electron chi connectivity index (χ0n) is 31.6. The Hall–Kier alpha value is -1.25. The molecule has 2 N–H and O–H groups in total. The van der Waals surface area contributed by atoms with Gasteiger partial charge in [0.25, 0.3) is 0 Å². The summed E-state index contributed by atoms with van der Waals surface area (Å²) >= 11 is 0. The fourth-order valence-electron chi connectivity index (χ4n) is 6.17. The third-order valence-electron chi connectivity index (χ3n) is 9.29. The van der Waals surface area contributed by atoms with Crippen molar-refractivity contribution in [2.75, 3.05) is 33.0 Å². The van der Waals surface area contributed by atoms with Crippen molar-refractivity contribution in [2.45, 2.75) is 205 Å². The van der Waals surface area contributed by atoms with Gasteiger partial charge >= 0.3 is 5.97 Å². The molecule has 2 rings (SSSR count). The highest BCUT2D eigenvalue weighted by Gasteiger charge is 2.14. The number of aliphatic hydroxyl groups is 1. The molecule has 2 atom stereocenters. The molecule has 7 nitrogen and oxygen atoms in total. The van der Waals surface area contributed by atoms with Gasteiger partial charge in [-0.25, -0.2) is 0 Å². The van der Waals surface area contributed by atoms with E-state index >= 15 is 0 Å². The molecule has 0 aromatic carbocycles. The van der Waals surface area contributed by atoms with E-state index in [1.165, 1.54) is 135 Å². The minimum absolute atomic E-state index is 0.0569. The Bertz CT molecular complexity index is 729. The number of aliphatic carboxylic acids is 1. The van der Waals surface area contributed by atoms with E-state index in [1.54, 1.807) is 0 Å². The molecule has 0 radical (unpaired) electrons. The summed E-state index contributed by atoms with van der Waals surface area (Å²) in [5, 5.41) is 17.3. The quantitative estimate of drug-likeness (QED) is 0.0534. The lowest BCUT2D eigenvalue weighted by molar-refractivity contribution is -0.163. The Balaban J connectivity index is 0.000000490. The summed E-state index contributed by atoms with van der Waals surface area (Å²) in [6, 6.07) is 0. The lowest BCUT2D eigenvalue weighted by Crippen LogP contribution is -2.22. The van der Waals surface area contributed by atoms with Crippen LogP contribution in [0.25, 0.3) is 0 Å². The van der Waals surface area contributed by atoms with Gasteiger partial charge in [-0.1, -0.05) is 94.9 Å². The van der Waals surface area contributed by atoms with Crippen LogP contribution in [-0.2, 0) is 23.7 Å². The molecule has 7 heteroatoms. The van der Waals surface area contributed by atoms with E-state index in [9.17, 15) is 4.79 Å². The van der Waals surface area contributed by atoms with Gasteiger partial charge in [-0.2, -0.15) is 0 Å². The standard InChI is InChI=1S/C21H38O4.C21H40O3/c22-20(23)16-12-10-8-6-4-2-1-3-5-7-9-11-14-18-24-21-17-13-15-19-25-21;22-18-14-11-9-7-5-3-1-2-4-6-8-10-12-15-19-23-21-17-13-16-20-24-21/h5,7,21H,1-4,6,8-19H2,(H,22,23);6,8,21-22H,1-5,7,9-20H2/b7-5-;8-6-. The molecular weight excluding hydrogens is 616 g/mol. The fraction of sp³-hybridized carbons (Fsp3) is 0.881. The van der Waals surface area contributed by atoms with Crippen LogP contribution in [0.3, 0.4) is 0 Å². The maximum absolute atomic E-state index is 10.4. The van der Waals surface area contributed by atoms with Gasteiger partial charge in [-0.3, -0.25) is 4.79 Å². The smallest absolute Gasteiger partial charge is 0.303 e. The number of carboxylic acid groups (broad SMARTS) is 1. The molecule has 288 valence electrons. The molecule has 2 aliphatic rings. The summed E-state index contributed by atoms with van der Waals surface area (Å²) in [6.07, 6.45) is 44.5. The number of rotatable bonds is 32. The van der Waals surface area contributed by atoms with Gasteiger partial charge in [0.15, 0.2) is 12.6 Å². The molecule has 2 saturated heterocycles. The van der Waals surface area contributed by atoms with Crippen LogP contribution < -0.4 is 0 Å². The zero-order valence-corrected chi connectivity index (χ0v) is 31.6. The highest BCUT2D eigenvalue weighted by atomic mass is 16.7. The Morgan fingerprint density at radius 3 is 1.24 bits per heavy atom. The lowest BCUT2D eigenvalue weighted by atomic mass is 10.1. The predicted molar refractivity (Wildman–Crippen MR) is 203 cm³/mol. The van der Waals surface area contributed by atoms with Crippen molar-refractivity contribution in [3.63, 3.8) is 0 Å². The molecule has 2 aliphatic heterocycles. The second-order valence-electron chi connectivity index (χ2n) is 14.0. The number of hydrogen-bond acceptors (Lipinski definition) is 6. The van der Waals surface area contributed by atoms with Gasteiger partial charge in [0.05, 0.1) is 0 Å². The van der Waals surface area contributed by atoms with Gasteiger partial charge in [0.2, 0.25) is 0 Å². The molecule has 49 heavy (non-hydrogen) atoms. The fourth-order valence-corrected chi connectivity index (χ4v) is 6.17. The Morgan fingerprint density at radius 1 is 0.510 bits per heavy atom. The van der Waals surface area contributed by atoms with E-state index in [2.05, 4.69) is 24.3 Å². The summed E-state index contributed by atoms with van der Waals surface area (Å²) in [7, 11) is 0. The number of unbranched alkanes of at least 4 members (excludes halogenated alkanes) is 19. The van der Waals surface area contributed by atoms with Crippen molar-refractivity contribution in [3.05, 3.63) is 24.3 Å². The van der Waals surface area contributed by atoms with E-state index in [0.29, 0.717) is 13.0 Å². The van der Waals surface area contributed by atoms with Crippen molar-refractivity contribution < 1.29 is 34.0 Å². The van der Waals surface area contributed by atoms with Crippen LogP contribution in [0.1, 0.15) is 193 Å². The van der Waals surface area contributed by atoms with Gasteiger partial charge in [-0.15, -0.1) is 0 Å². The van der Waals surface area contributed by atoms with Gasteiger partial charge in [0, 0.05) is 39.5 Å². The number of allylic oxidation sites excluding steroid dienone is 4. The zero-order chi connectivity index (χ0) is 35.1. The average molecular weight is 695 g/mol. The van der Waals surface area contributed by atoms with E-state index in [-0.39, 0.29) is 12.6 Å². The minimum Gasteiger partial charge on any atom is -0.481 e. The van der Waals surface area contributed by atoms with Crippen molar-refractivity contribution in [1.82, 2.24) is 0 Å². The molecule has 0 spiro atoms. The molecule has 2 unspecified atom stereocenters. The third-order valence-corrected chi connectivity index (χ3v) is 9.29. The lowest BCUT2D eigenvalue weighted by Gasteiger charge is -2.22. The first-order valence-electron chi connectivity index (χ1n) is 20.8. The molecule has 0 aliphatic carbocycles. The van der Waals surface area contributed by atoms with Crippen LogP contribution in [0.5, 0.6) is 0 Å². The van der Waals surface area contributed by atoms with Gasteiger partial charge < -0.3 is 29.2 Å². The van der Waals surface area contributed by atoms with E-state index in [1.807, 2.05) is 0 Å². The van der Waals surface area contributed by atoms with Gasteiger partial charge in [-0.05, 0) is 116 Å².